The first-order valence-corrected chi connectivity index (χ1v) is 8.30. The molecule has 0 radical (unpaired) electrons. The predicted molar refractivity (Wildman–Crippen MR) is 85.4 cm³/mol. The minimum atomic E-state index is -0.852. The van der Waals surface area contributed by atoms with Crippen molar-refractivity contribution in [3.8, 4) is 0 Å². The van der Waals surface area contributed by atoms with Gasteiger partial charge in [0.15, 0.2) is 0 Å². The van der Waals surface area contributed by atoms with E-state index in [2.05, 4.69) is 0 Å². The van der Waals surface area contributed by atoms with E-state index < -0.39 is 23.5 Å². The Kier molecular flexibility index (Phi) is 5.91. The van der Waals surface area contributed by atoms with E-state index in [1.807, 2.05) is 13.8 Å². The molecular weight excluding hydrogens is 316 g/mol. The second kappa shape index (κ2) is 7.73. The van der Waals surface area contributed by atoms with Gasteiger partial charge in [-0.15, -0.1) is 0 Å². The molecular formula is C18H23F2NO3. The minimum absolute atomic E-state index is 0.0729. The molecule has 1 aliphatic rings. The highest BCUT2D eigenvalue weighted by molar-refractivity contribution is 5.81. The molecule has 2 rings (SSSR count). The molecule has 1 N–H and O–H groups in total. The number of carboxylic acid groups (broad SMARTS) is 1. The van der Waals surface area contributed by atoms with E-state index in [4.69, 9.17) is 5.11 Å². The van der Waals surface area contributed by atoms with Crippen molar-refractivity contribution in [2.75, 3.05) is 6.54 Å². The number of aliphatic carboxylic acids is 1. The largest absolute Gasteiger partial charge is 0.481 e. The standard InChI is InChI=1S/C18H23F2NO3/c1-3-21(17(22)13-4-5-14(9-13)18(23)24)11(2)8-12-6-7-15(19)10-16(12)20/h6-7,10-11,13-14H,3-5,8-9H2,1-2H3,(H,23,24)/t11-,13+,14-/m0/s1. The maximum Gasteiger partial charge on any atom is 0.306 e. The minimum Gasteiger partial charge on any atom is -0.481 e. The molecule has 0 unspecified atom stereocenters. The second-order valence-corrected chi connectivity index (χ2v) is 6.46. The number of benzene rings is 1. The molecule has 3 atom stereocenters. The van der Waals surface area contributed by atoms with Gasteiger partial charge >= 0.3 is 5.97 Å². The first-order chi connectivity index (χ1) is 11.3. The van der Waals surface area contributed by atoms with Crippen LogP contribution in [-0.4, -0.2) is 34.5 Å². The van der Waals surface area contributed by atoms with Crippen molar-refractivity contribution in [1.29, 1.82) is 0 Å². The summed E-state index contributed by atoms with van der Waals surface area (Å²) in [5.74, 6) is -2.91. The van der Waals surface area contributed by atoms with E-state index in [0.29, 0.717) is 37.8 Å². The van der Waals surface area contributed by atoms with E-state index in [1.165, 1.54) is 12.1 Å². The van der Waals surface area contributed by atoms with Crippen LogP contribution in [0.5, 0.6) is 0 Å². The van der Waals surface area contributed by atoms with Gasteiger partial charge in [0, 0.05) is 24.6 Å². The summed E-state index contributed by atoms with van der Waals surface area (Å²) in [6, 6.07) is 3.20. The molecule has 132 valence electrons. The maximum atomic E-state index is 13.8. The highest BCUT2D eigenvalue weighted by atomic mass is 19.1. The van der Waals surface area contributed by atoms with E-state index in [0.717, 1.165) is 6.07 Å². The van der Waals surface area contributed by atoms with Crippen molar-refractivity contribution in [3.05, 3.63) is 35.4 Å². The third-order valence-electron chi connectivity index (χ3n) is 4.82. The Morgan fingerprint density at radius 1 is 1.29 bits per heavy atom. The number of carboxylic acids is 1. The Bertz CT molecular complexity index is 620. The second-order valence-electron chi connectivity index (χ2n) is 6.46. The zero-order valence-corrected chi connectivity index (χ0v) is 14.0. The summed E-state index contributed by atoms with van der Waals surface area (Å²) in [5, 5.41) is 9.07. The highest BCUT2D eigenvalue weighted by Crippen LogP contribution is 2.33. The number of carbonyl (C=O) groups excluding carboxylic acids is 1. The van der Waals surface area contributed by atoms with Crippen LogP contribution in [0.2, 0.25) is 0 Å². The fourth-order valence-corrected chi connectivity index (χ4v) is 3.47. The molecule has 0 saturated heterocycles. The number of likely N-dealkylation sites (N-methyl/N-ethyl adjacent to an activating group) is 1. The van der Waals surface area contributed by atoms with Gasteiger partial charge in [-0.05, 0) is 51.2 Å². The van der Waals surface area contributed by atoms with Gasteiger partial charge in [0.1, 0.15) is 11.6 Å². The summed E-state index contributed by atoms with van der Waals surface area (Å²) in [6.45, 7) is 4.14. The average Bonchev–Trinajstić information content (AvgIpc) is 3.01. The van der Waals surface area contributed by atoms with Crippen molar-refractivity contribution in [2.45, 2.75) is 45.6 Å². The van der Waals surface area contributed by atoms with Crippen LogP contribution in [0.25, 0.3) is 0 Å². The van der Waals surface area contributed by atoms with Crippen molar-refractivity contribution in [3.63, 3.8) is 0 Å². The van der Waals surface area contributed by atoms with Gasteiger partial charge in [-0.25, -0.2) is 8.78 Å². The molecule has 1 fully saturated rings. The van der Waals surface area contributed by atoms with E-state index in [1.54, 1.807) is 4.90 Å². The first kappa shape index (κ1) is 18.4. The Morgan fingerprint density at radius 2 is 1.96 bits per heavy atom. The Balaban J connectivity index is 2.04. The number of halogens is 2. The summed E-state index contributed by atoms with van der Waals surface area (Å²) in [7, 11) is 0. The highest BCUT2D eigenvalue weighted by Gasteiger charge is 2.36. The number of hydrogen-bond donors (Lipinski definition) is 1. The molecule has 0 spiro atoms. The zero-order valence-electron chi connectivity index (χ0n) is 14.0. The number of amides is 1. The molecule has 0 heterocycles. The number of rotatable bonds is 6. The molecule has 0 bridgehead atoms. The van der Waals surface area contributed by atoms with Crippen LogP contribution in [0, 0.1) is 23.5 Å². The summed E-state index contributed by atoms with van der Waals surface area (Å²) in [6.07, 6.45) is 1.75. The van der Waals surface area contributed by atoms with Crippen LogP contribution in [0.15, 0.2) is 18.2 Å². The summed E-state index contributed by atoms with van der Waals surface area (Å²) < 4.78 is 26.8. The fraction of sp³-hybridized carbons (Fsp3) is 0.556. The van der Waals surface area contributed by atoms with Gasteiger partial charge in [0.2, 0.25) is 5.91 Å². The first-order valence-electron chi connectivity index (χ1n) is 8.30. The van der Waals surface area contributed by atoms with E-state index >= 15 is 0 Å². The molecule has 0 aromatic heterocycles. The van der Waals surface area contributed by atoms with Crippen molar-refractivity contribution in [1.82, 2.24) is 4.90 Å². The van der Waals surface area contributed by atoms with Crippen molar-refractivity contribution < 1.29 is 23.5 Å². The average molecular weight is 339 g/mol. The van der Waals surface area contributed by atoms with Gasteiger partial charge in [-0.2, -0.15) is 0 Å². The molecule has 6 heteroatoms. The van der Waals surface area contributed by atoms with E-state index in [9.17, 15) is 18.4 Å². The lowest BCUT2D eigenvalue weighted by Crippen LogP contribution is -2.42. The van der Waals surface area contributed by atoms with E-state index in [-0.39, 0.29) is 17.9 Å². The molecule has 1 aliphatic carbocycles. The zero-order chi connectivity index (χ0) is 17.9. The topological polar surface area (TPSA) is 57.6 Å². The Morgan fingerprint density at radius 3 is 2.50 bits per heavy atom. The smallest absolute Gasteiger partial charge is 0.306 e. The van der Waals surface area contributed by atoms with Crippen LogP contribution in [0.4, 0.5) is 8.78 Å². The number of hydrogen-bond acceptors (Lipinski definition) is 2. The van der Waals surface area contributed by atoms with Gasteiger partial charge in [-0.1, -0.05) is 6.07 Å². The lowest BCUT2D eigenvalue weighted by molar-refractivity contribution is -0.142. The van der Waals surface area contributed by atoms with Crippen molar-refractivity contribution in [2.24, 2.45) is 11.8 Å². The summed E-state index contributed by atoms with van der Waals surface area (Å²) in [5.41, 5.74) is 0.366. The molecule has 24 heavy (non-hydrogen) atoms. The number of nitrogens with zero attached hydrogens (tertiary/aromatic N) is 1. The van der Waals surface area contributed by atoms with Gasteiger partial charge in [-0.3, -0.25) is 9.59 Å². The van der Waals surface area contributed by atoms with Crippen LogP contribution in [0.3, 0.4) is 0 Å². The molecule has 4 nitrogen and oxygen atoms in total. The van der Waals surface area contributed by atoms with Crippen LogP contribution in [0.1, 0.15) is 38.7 Å². The maximum absolute atomic E-state index is 13.8. The fourth-order valence-electron chi connectivity index (χ4n) is 3.47. The molecule has 1 saturated carbocycles. The Hall–Kier alpha value is -1.98. The van der Waals surface area contributed by atoms with Crippen molar-refractivity contribution >= 4 is 11.9 Å². The van der Waals surface area contributed by atoms with Crippen LogP contribution >= 0.6 is 0 Å². The molecule has 0 aliphatic heterocycles. The Labute approximate surface area is 140 Å². The molecule has 1 aromatic rings. The third-order valence-corrected chi connectivity index (χ3v) is 4.82. The quantitative estimate of drug-likeness (QED) is 0.865. The summed E-state index contributed by atoms with van der Waals surface area (Å²) in [4.78, 5) is 25.4. The molecule has 1 aromatic carbocycles. The van der Waals surface area contributed by atoms with Gasteiger partial charge in [0.25, 0.3) is 0 Å². The lowest BCUT2D eigenvalue weighted by atomic mass is 10.0. The predicted octanol–water partition coefficient (Wildman–Crippen LogP) is 3.25. The van der Waals surface area contributed by atoms with Crippen LogP contribution in [-0.2, 0) is 16.0 Å². The van der Waals surface area contributed by atoms with Crippen LogP contribution < -0.4 is 0 Å². The monoisotopic (exact) mass is 339 g/mol. The number of carbonyl (C=O) groups is 2. The van der Waals surface area contributed by atoms with Gasteiger partial charge in [0.05, 0.1) is 5.92 Å². The summed E-state index contributed by atoms with van der Waals surface area (Å²) >= 11 is 0. The SMILES string of the molecule is CCN(C(=O)[C@@H]1CC[C@H](C(=O)O)C1)[C@@H](C)Cc1ccc(F)cc1F. The third kappa shape index (κ3) is 4.10. The normalized spacial score (nSPS) is 21.5. The molecule has 1 amide bonds. The lowest BCUT2D eigenvalue weighted by Gasteiger charge is -2.30. The van der Waals surface area contributed by atoms with Gasteiger partial charge < -0.3 is 10.0 Å².